The fourth-order valence-electron chi connectivity index (χ4n) is 2.12. The maximum absolute atomic E-state index is 12.4. The monoisotopic (exact) mass is 343 g/mol. The number of benzene rings is 1. The number of ether oxygens (including phenoxy) is 2. The van der Waals surface area contributed by atoms with Gasteiger partial charge in [0, 0.05) is 12.1 Å². The van der Waals surface area contributed by atoms with Crippen molar-refractivity contribution in [3.05, 3.63) is 41.7 Å². The van der Waals surface area contributed by atoms with Gasteiger partial charge in [0.2, 0.25) is 0 Å². The van der Waals surface area contributed by atoms with Gasteiger partial charge in [-0.15, -0.1) is 5.10 Å². The molecule has 6 heteroatoms. The van der Waals surface area contributed by atoms with Gasteiger partial charge in [0.25, 0.3) is 0 Å². The van der Waals surface area contributed by atoms with Gasteiger partial charge in [-0.05, 0) is 50.1 Å². The van der Waals surface area contributed by atoms with Crippen LogP contribution in [0.5, 0.6) is 11.5 Å². The lowest BCUT2D eigenvalue weighted by Crippen LogP contribution is -2.03. The zero-order valence-corrected chi connectivity index (χ0v) is 15.1. The Morgan fingerprint density at radius 1 is 1.12 bits per heavy atom. The van der Waals surface area contributed by atoms with Gasteiger partial charge in [0.1, 0.15) is 5.69 Å². The maximum Gasteiger partial charge on any atom is 0.186 e. The lowest BCUT2D eigenvalue weighted by molar-refractivity contribution is 0.104. The summed E-state index contributed by atoms with van der Waals surface area (Å²) in [6.45, 7) is 8.00. The number of nitrogens with zero attached hydrogens (tertiary/aromatic N) is 3. The molecule has 0 aliphatic rings. The number of aryl methyl sites for hydroxylation is 1. The van der Waals surface area contributed by atoms with E-state index in [2.05, 4.69) is 10.3 Å². The molecule has 25 heavy (non-hydrogen) atoms. The Bertz CT molecular complexity index is 722. The molecular weight excluding hydrogens is 318 g/mol. The third-order valence-electron chi connectivity index (χ3n) is 3.44. The second-order valence-electron chi connectivity index (χ2n) is 5.56. The van der Waals surface area contributed by atoms with Crippen molar-refractivity contribution in [3.63, 3.8) is 0 Å². The summed E-state index contributed by atoms with van der Waals surface area (Å²) in [5, 5.41) is 7.93. The fraction of sp³-hybridized carbons (Fsp3) is 0.421. The predicted octanol–water partition coefficient (Wildman–Crippen LogP) is 3.77. The van der Waals surface area contributed by atoms with Gasteiger partial charge in [0.05, 0.1) is 19.4 Å². The van der Waals surface area contributed by atoms with Crippen LogP contribution < -0.4 is 9.47 Å². The lowest BCUT2D eigenvalue weighted by Gasteiger charge is -2.12. The van der Waals surface area contributed by atoms with Crippen LogP contribution in [0.2, 0.25) is 0 Å². The summed E-state index contributed by atoms with van der Waals surface area (Å²) >= 11 is 0. The SMILES string of the molecule is CCCOc1ccc(C(=O)/C=C/c2cn(CC)nn2)cc1OCCC. The Morgan fingerprint density at radius 3 is 2.48 bits per heavy atom. The summed E-state index contributed by atoms with van der Waals surface area (Å²) in [7, 11) is 0. The first-order valence-corrected chi connectivity index (χ1v) is 8.70. The molecular formula is C19H25N3O3. The molecule has 0 aliphatic carbocycles. The van der Waals surface area contributed by atoms with Crippen molar-refractivity contribution in [2.45, 2.75) is 40.2 Å². The van der Waals surface area contributed by atoms with Gasteiger partial charge in [-0.25, -0.2) is 0 Å². The van der Waals surface area contributed by atoms with Gasteiger partial charge >= 0.3 is 0 Å². The number of hydrogen-bond acceptors (Lipinski definition) is 5. The summed E-state index contributed by atoms with van der Waals surface area (Å²) < 4.78 is 13.1. The van der Waals surface area contributed by atoms with Crippen LogP contribution in [-0.4, -0.2) is 34.0 Å². The third-order valence-corrected chi connectivity index (χ3v) is 3.44. The smallest absolute Gasteiger partial charge is 0.186 e. The van der Waals surface area contributed by atoms with Crippen LogP contribution in [0.15, 0.2) is 30.5 Å². The molecule has 0 saturated heterocycles. The van der Waals surface area contributed by atoms with E-state index in [0.29, 0.717) is 36.0 Å². The molecule has 1 heterocycles. The van der Waals surface area contributed by atoms with Crippen LogP contribution in [0.25, 0.3) is 6.08 Å². The fourth-order valence-corrected chi connectivity index (χ4v) is 2.12. The Morgan fingerprint density at radius 2 is 1.84 bits per heavy atom. The zero-order chi connectivity index (χ0) is 18.1. The van der Waals surface area contributed by atoms with E-state index >= 15 is 0 Å². The number of rotatable bonds is 10. The van der Waals surface area contributed by atoms with Crippen molar-refractivity contribution in [3.8, 4) is 11.5 Å². The van der Waals surface area contributed by atoms with Crippen LogP contribution in [-0.2, 0) is 6.54 Å². The molecule has 1 aromatic carbocycles. The first-order valence-electron chi connectivity index (χ1n) is 8.70. The molecule has 0 atom stereocenters. The molecule has 0 unspecified atom stereocenters. The van der Waals surface area contributed by atoms with Crippen LogP contribution in [0.3, 0.4) is 0 Å². The molecule has 1 aromatic heterocycles. The highest BCUT2D eigenvalue weighted by molar-refractivity contribution is 6.07. The molecule has 0 fully saturated rings. The second kappa shape index (κ2) is 9.61. The van der Waals surface area contributed by atoms with Gasteiger partial charge < -0.3 is 9.47 Å². The van der Waals surface area contributed by atoms with Crippen molar-refractivity contribution < 1.29 is 14.3 Å². The zero-order valence-electron chi connectivity index (χ0n) is 15.1. The number of aromatic nitrogens is 3. The van der Waals surface area contributed by atoms with Gasteiger partial charge in [-0.3, -0.25) is 9.48 Å². The van der Waals surface area contributed by atoms with Gasteiger partial charge in [-0.2, -0.15) is 0 Å². The van der Waals surface area contributed by atoms with Crippen molar-refractivity contribution in [2.75, 3.05) is 13.2 Å². The summed E-state index contributed by atoms with van der Waals surface area (Å²) in [4.78, 5) is 12.4. The minimum atomic E-state index is -0.116. The highest BCUT2D eigenvalue weighted by atomic mass is 16.5. The van der Waals surface area contributed by atoms with E-state index in [9.17, 15) is 4.79 Å². The summed E-state index contributed by atoms with van der Waals surface area (Å²) in [6.07, 6.45) is 6.75. The van der Waals surface area contributed by atoms with E-state index in [-0.39, 0.29) is 5.78 Å². The number of hydrogen-bond donors (Lipinski definition) is 0. The molecule has 0 bridgehead atoms. The van der Waals surface area contributed by atoms with E-state index < -0.39 is 0 Å². The Hall–Kier alpha value is -2.63. The topological polar surface area (TPSA) is 66.2 Å². The molecule has 2 aromatic rings. The maximum atomic E-state index is 12.4. The highest BCUT2D eigenvalue weighted by Gasteiger charge is 2.10. The highest BCUT2D eigenvalue weighted by Crippen LogP contribution is 2.29. The molecule has 6 nitrogen and oxygen atoms in total. The number of carbonyl (C=O) groups is 1. The molecule has 0 spiro atoms. The first kappa shape index (κ1) is 18.7. The number of ketones is 1. The van der Waals surface area contributed by atoms with E-state index in [1.54, 1.807) is 35.2 Å². The van der Waals surface area contributed by atoms with Crippen molar-refractivity contribution in [2.24, 2.45) is 0 Å². The largest absolute Gasteiger partial charge is 0.490 e. The van der Waals surface area contributed by atoms with Crippen molar-refractivity contribution in [1.29, 1.82) is 0 Å². The molecule has 0 N–H and O–H groups in total. The first-order chi connectivity index (χ1) is 12.2. The van der Waals surface area contributed by atoms with Crippen molar-refractivity contribution >= 4 is 11.9 Å². The summed E-state index contributed by atoms with van der Waals surface area (Å²) in [5.41, 5.74) is 1.20. The third kappa shape index (κ3) is 5.45. The number of carbonyl (C=O) groups excluding carboxylic acids is 1. The van der Waals surface area contributed by atoms with E-state index in [4.69, 9.17) is 9.47 Å². The minimum Gasteiger partial charge on any atom is -0.490 e. The second-order valence-corrected chi connectivity index (χ2v) is 5.56. The normalized spacial score (nSPS) is 11.0. The summed E-state index contributed by atoms with van der Waals surface area (Å²) in [6, 6.07) is 5.27. The Kier molecular flexibility index (Phi) is 7.19. The van der Waals surface area contributed by atoms with Gasteiger partial charge in [-0.1, -0.05) is 19.1 Å². The van der Waals surface area contributed by atoms with Crippen LogP contribution >= 0.6 is 0 Å². The molecule has 0 saturated carbocycles. The van der Waals surface area contributed by atoms with E-state index in [0.717, 1.165) is 19.4 Å². The average molecular weight is 343 g/mol. The molecule has 134 valence electrons. The van der Waals surface area contributed by atoms with Crippen LogP contribution in [0.4, 0.5) is 0 Å². The lowest BCUT2D eigenvalue weighted by atomic mass is 10.1. The van der Waals surface area contributed by atoms with Crippen LogP contribution in [0, 0.1) is 0 Å². The standard InChI is InChI=1S/C19H25N3O3/c1-4-11-24-18-10-7-15(13-19(18)25-12-5-2)17(23)9-8-16-14-22(6-3)21-20-16/h7-10,13-14H,4-6,11-12H2,1-3H3/b9-8+. The Labute approximate surface area is 148 Å². The molecule has 0 radical (unpaired) electrons. The quantitative estimate of drug-likeness (QED) is 0.485. The molecule has 0 aliphatic heterocycles. The van der Waals surface area contributed by atoms with E-state index in [1.807, 2.05) is 20.8 Å². The van der Waals surface area contributed by atoms with Crippen molar-refractivity contribution in [1.82, 2.24) is 15.0 Å². The average Bonchev–Trinajstić information content (AvgIpc) is 3.11. The summed E-state index contributed by atoms with van der Waals surface area (Å²) in [5.74, 6) is 1.16. The minimum absolute atomic E-state index is 0.116. The van der Waals surface area contributed by atoms with E-state index in [1.165, 1.54) is 6.08 Å². The predicted molar refractivity (Wildman–Crippen MR) is 97.1 cm³/mol. The van der Waals surface area contributed by atoms with Crippen LogP contribution in [0.1, 0.15) is 49.7 Å². The molecule has 2 rings (SSSR count). The van der Waals surface area contributed by atoms with Gasteiger partial charge in [0.15, 0.2) is 17.3 Å². The Balaban J connectivity index is 2.14. The number of allylic oxidation sites excluding steroid dienone is 1. The molecule has 0 amide bonds.